The fourth-order valence-corrected chi connectivity index (χ4v) is 2.17. The van der Waals surface area contributed by atoms with Gasteiger partial charge in [-0.25, -0.2) is 18.7 Å². The van der Waals surface area contributed by atoms with Gasteiger partial charge in [0.2, 0.25) is 0 Å². The van der Waals surface area contributed by atoms with Crippen LogP contribution in [0.1, 0.15) is 0 Å². The van der Waals surface area contributed by atoms with Crippen LogP contribution in [0.15, 0.2) is 36.7 Å². The quantitative estimate of drug-likeness (QED) is 0.440. The lowest BCUT2D eigenvalue weighted by Crippen LogP contribution is -2.00. The second-order valence-corrected chi connectivity index (χ2v) is 4.91. The normalized spacial score (nSPS) is 10.7. The highest BCUT2D eigenvalue weighted by molar-refractivity contribution is 6.31. The topological polar surface area (TPSA) is 81.0 Å². The van der Waals surface area contributed by atoms with E-state index in [0.29, 0.717) is 10.9 Å². The maximum Gasteiger partial charge on any atom is 0.270 e. The Bertz CT molecular complexity index is 936. The molecule has 3 aromatic rings. The molecule has 0 fully saturated rings. The van der Waals surface area contributed by atoms with Crippen molar-refractivity contribution in [1.82, 2.24) is 9.97 Å². The molecule has 2 aromatic carbocycles. The van der Waals surface area contributed by atoms with Crippen LogP contribution in [-0.2, 0) is 0 Å². The van der Waals surface area contributed by atoms with Gasteiger partial charge in [-0.3, -0.25) is 10.1 Å². The van der Waals surface area contributed by atoms with Gasteiger partial charge in [0.1, 0.15) is 23.0 Å². The third-order valence-electron chi connectivity index (χ3n) is 3.12. The maximum absolute atomic E-state index is 14.0. The van der Waals surface area contributed by atoms with Crippen molar-refractivity contribution in [2.24, 2.45) is 0 Å². The molecule has 0 saturated heterocycles. The molecule has 116 valence electrons. The summed E-state index contributed by atoms with van der Waals surface area (Å²) >= 11 is 5.52. The molecule has 0 aliphatic rings. The lowest BCUT2D eigenvalue weighted by Gasteiger charge is -2.10. The van der Waals surface area contributed by atoms with Gasteiger partial charge in [0.15, 0.2) is 5.82 Å². The molecule has 1 aromatic heterocycles. The van der Waals surface area contributed by atoms with Crippen LogP contribution in [0.2, 0.25) is 5.02 Å². The van der Waals surface area contributed by atoms with Gasteiger partial charge in [-0.15, -0.1) is 0 Å². The minimum absolute atomic E-state index is 0.108. The fourth-order valence-electron chi connectivity index (χ4n) is 2.01. The molecule has 0 saturated carbocycles. The summed E-state index contributed by atoms with van der Waals surface area (Å²) in [6.45, 7) is 0. The van der Waals surface area contributed by atoms with Gasteiger partial charge in [-0.2, -0.15) is 0 Å². The molecule has 0 bridgehead atoms. The van der Waals surface area contributed by atoms with Gasteiger partial charge in [0, 0.05) is 17.5 Å². The van der Waals surface area contributed by atoms with E-state index in [1.54, 1.807) is 0 Å². The largest absolute Gasteiger partial charge is 0.337 e. The van der Waals surface area contributed by atoms with E-state index >= 15 is 0 Å². The summed E-state index contributed by atoms with van der Waals surface area (Å²) in [5.74, 6) is -1.73. The zero-order valence-electron chi connectivity index (χ0n) is 11.3. The minimum Gasteiger partial charge on any atom is -0.337 e. The van der Waals surface area contributed by atoms with E-state index in [9.17, 15) is 18.9 Å². The van der Waals surface area contributed by atoms with Crippen LogP contribution in [0.4, 0.5) is 26.0 Å². The number of hydrogen-bond donors (Lipinski definition) is 1. The van der Waals surface area contributed by atoms with Crippen LogP contribution >= 0.6 is 11.6 Å². The lowest BCUT2D eigenvalue weighted by atomic mass is 10.2. The van der Waals surface area contributed by atoms with E-state index in [1.165, 1.54) is 24.5 Å². The first kappa shape index (κ1) is 15.0. The average Bonchev–Trinajstić information content (AvgIpc) is 2.55. The number of nitro benzene ring substituents is 1. The molecule has 6 nitrogen and oxygen atoms in total. The Kier molecular flexibility index (Phi) is 3.75. The molecular weight excluding hydrogens is 330 g/mol. The Morgan fingerprint density at radius 3 is 2.70 bits per heavy atom. The molecule has 0 unspecified atom stereocenters. The Morgan fingerprint density at radius 2 is 1.96 bits per heavy atom. The number of anilines is 2. The summed E-state index contributed by atoms with van der Waals surface area (Å²) < 4.78 is 27.2. The summed E-state index contributed by atoms with van der Waals surface area (Å²) in [7, 11) is 0. The van der Waals surface area contributed by atoms with Crippen LogP contribution < -0.4 is 5.32 Å². The smallest absolute Gasteiger partial charge is 0.270 e. The van der Waals surface area contributed by atoms with Crippen molar-refractivity contribution in [2.75, 3.05) is 5.32 Å². The number of halogens is 3. The van der Waals surface area contributed by atoms with Gasteiger partial charge in [-0.05, 0) is 18.2 Å². The number of aromatic nitrogens is 2. The maximum atomic E-state index is 14.0. The molecule has 0 amide bonds. The van der Waals surface area contributed by atoms with Crippen LogP contribution in [0.3, 0.4) is 0 Å². The van der Waals surface area contributed by atoms with E-state index in [2.05, 4.69) is 15.3 Å². The third kappa shape index (κ3) is 2.76. The standard InChI is InChI=1S/C14H7ClF2N4O2/c15-12-9(16)2-4-11(13(12)17)20-14-8-5-7(21(22)23)1-3-10(8)18-6-19-14/h1-6H,(H,18,19,20). The molecule has 1 N–H and O–H groups in total. The van der Waals surface area contributed by atoms with Crippen molar-refractivity contribution in [3.8, 4) is 0 Å². The van der Waals surface area contributed by atoms with Crippen molar-refractivity contribution >= 4 is 39.7 Å². The summed E-state index contributed by atoms with van der Waals surface area (Å²) in [6, 6.07) is 6.17. The zero-order chi connectivity index (χ0) is 16.6. The van der Waals surface area contributed by atoms with Crippen molar-refractivity contribution in [1.29, 1.82) is 0 Å². The highest BCUT2D eigenvalue weighted by Gasteiger charge is 2.15. The molecule has 0 atom stereocenters. The number of rotatable bonds is 3. The molecule has 3 rings (SSSR count). The van der Waals surface area contributed by atoms with Crippen molar-refractivity contribution < 1.29 is 13.7 Å². The van der Waals surface area contributed by atoms with Crippen LogP contribution in [0.5, 0.6) is 0 Å². The Morgan fingerprint density at radius 1 is 1.17 bits per heavy atom. The second kappa shape index (κ2) is 5.73. The van der Waals surface area contributed by atoms with Crippen molar-refractivity contribution in [2.45, 2.75) is 0 Å². The number of fused-ring (bicyclic) bond motifs is 1. The van der Waals surface area contributed by atoms with Crippen LogP contribution in [0.25, 0.3) is 10.9 Å². The molecule has 0 radical (unpaired) electrons. The van der Waals surface area contributed by atoms with Gasteiger partial charge in [-0.1, -0.05) is 11.6 Å². The molecule has 23 heavy (non-hydrogen) atoms. The second-order valence-electron chi connectivity index (χ2n) is 4.53. The monoisotopic (exact) mass is 336 g/mol. The summed E-state index contributed by atoms with van der Waals surface area (Å²) in [6.07, 6.45) is 1.22. The lowest BCUT2D eigenvalue weighted by molar-refractivity contribution is -0.384. The number of nitrogens with zero attached hydrogens (tertiary/aromatic N) is 3. The first-order valence-electron chi connectivity index (χ1n) is 6.27. The van der Waals surface area contributed by atoms with Gasteiger partial charge >= 0.3 is 0 Å². The van der Waals surface area contributed by atoms with Crippen molar-refractivity contribution in [3.05, 3.63) is 63.4 Å². The van der Waals surface area contributed by atoms with Gasteiger partial charge in [0.25, 0.3) is 5.69 Å². The summed E-state index contributed by atoms with van der Waals surface area (Å²) in [4.78, 5) is 18.2. The summed E-state index contributed by atoms with van der Waals surface area (Å²) in [5.41, 5.74) is 0.164. The number of non-ortho nitro benzene ring substituents is 1. The molecule has 9 heteroatoms. The number of nitrogens with one attached hydrogen (secondary N) is 1. The molecule has 1 heterocycles. The van der Waals surface area contributed by atoms with Crippen LogP contribution in [-0.4, -0.2) is 14.9 Å². The minimum atomic E-state index is -0.983. The predicted octanol–water partition coefficient (Wildman–Crippen LogP) is 4.21. The predicted molar refractivity (Wildman–Crippen MR) is 80.8 cm³/mol. The van der Waals surface area contributed by atoms with E-state index in [1.807, 2.05) is 0 Å². The number of nitro groups is 1. The number of hydrogen-bond acceptors (Lipinski definition) is 5. The fraction of sp³-hybridized carbons (Fsp3) is 0. The Labute approximate surface area is 132 Å². The molecule has 0 aliphatic carbocycles. The van der Waals surface area contributed by atoms with E-state index in [4.69, 9.17) is 11.6 Å². The van der Waals surface area contributed by atoms with Gasteiger partial charge < -0.3 is 5.32 Å². The van der Waals surface area contributed by atoms with Crippen LogP contribution in [0, 0.1) is 21.7 Å². The Hall–Kier alpha value is -2.87. The first-order valence-corrected chi connectivity index (χ1v) is 6.65. The molecule has 0 aliphatic heterocycles. The van der Waals surface area contributed by atoms with E-state index in [-0.39, 0.29) is 17.2 Å². The highest BCUT2D eigenvalue weighted by atomic mass is 35.5. The average molecular weight is 337 g/mol. The summed E-state index contributed by atoms with van der Waals surface area (Å²) in [5, 5.41) is 13.2. The first-order chi connectivity index (χ1) is 11.0. The van der Waals surface area contributed by atoms with E-state index in [0.717, 1.165) is 12.1 Å². The third-order valence-corrected chi connectivity index (χ3v) is 3.46. The zero-order valence-corrected chi connectivity index (χ0v) is 12.0. The van der Waals surface area contributed by atoms with E-state index < -0.39 is 21.6 Å². The molecule has 0 spiro atoms. The Balaban J connectivity index is 2.11. The van der Waals surface area contributed by atoms with Gasteiger partial charge in [0.05, 0.1) is 16.1 Å². The molecular formula is C14H7ClF2N4O2. The SMILES string of the molecule is O=[N+]([O-])c1ccc2ncnc(Nc3ccc(F)c(Cl)c3F)c2c1. The number of benzene rings is 2. The highest BCUT2D eigenvalue weighted by Crippen LogP contribution is 2.30. The van der Waals surface area contributed by atoms with Crippen molar-refractivity contribution in [3.63, 3.8) is 0 Å².